The van der Waals surface area contributed by atoms with E-state index in [0.29, 0.717) is 0 Å². The number of rotatable bonds is 6. The summed E-state index contributed by atoms with van der Waals surface area (Å²) in [5.74, 6) is 0. The predicted octanol–water partition coefficient (Wildman–Crippen LogP) is 4.99. The van der Waals surface area contributed by atoms with E-state index in [0.717, 1.165) is 10.5 Å². The van der Waals surface area contributed by atoms with E-state index in [1.165, 1.54) is 12.8 Å². The molecule has 2 unspecified atom stereocenters. The standard InChI is InChI=1S/C9H21PS2/c1-6-8(3)11-10(5)12-9(4)7-2/h8-9H,6-7H2,1-5H3. The van der Waals surface area contributed by atoms with Gasteiger partial charge in [0.2, 0.25) is 0 Å². The quantitative estimate of drug-likeness (QED) is 0.583. The van der Waals surface area contributed by atoms with Gasteiger partial charge in [-0.05, 0) is 19.5 Å². The Morgan fingerprint density at radius 3 is 1.58 bits per heavy atom. The van der Waals surface area contributed by atoms with Crippen LogP contribution in [-0.2, 0) is 0 Å². The van der Waals surface area contributed by atoms with Crippen molar-refractivity contribution in [3.05, 3.63) is 0 Å². The molecule has 0 N–H and O–H groups in total. The SMILES string of the molecule is CCC(C)SP(C)SC(C)CC. The minimum Gasteiger partial charge on any atom is -0.120 e. The second-order valence-electron chi connectivity index (χ2n) is 3.09. The molecule has 0 saturated heterocycles. The lowest BCUT2D eigenvalue weighted by molar-refractivity contribution is 0.910. The van der Waals surface area contributed by atoms with Gasteiger partial charge in [-0.2, -0.15) is 0 Å². The van der Waals surface area contributed by atoms with E-state index in [1.54, 1.807) is 0 Å². The lowest BCUT2D eigenvalue weighted by atomic mass is 10.4. The molecule has 0 radical (unpaired) electrons. The highest BCUT2D eigenvalue weighted by Crippen LogP contribution is 2.61. The summed E-state index contributed by atoms with van der Waals surface area (Å²) in [4.78, 5) is 0. The van der Waals surface area contributed by atoms with Crippen molar-refractivity contribution in [3.63, 3.8) is 0 Å². The number of hydrogen-bond acceptors (Lipinski definition) is 2. The van der Waals surface area contributed by atoms with E-state index in [1.807, 2.05) is 0 Å². The molecule has 0 aromatic carbocycles. The van der Waals surface area contributed by atoms with Gasteiger partial charge in [-0.3, -0.25) is 0 Å². The van der Waals surface area contributed by atoms with Crippen molar-refractivity contribution in [2.75, 3.05) is 6.66 Å². The molecule has 0 fully saturated rings. The normalized spacial score (nSPS) is 18.8. The fourth-order valence-corrected chi connectivity index (χ4v) is 9.22. The third kappa shape index (κ3) is 6.62. The maximum Gasteiger partial charge on any atom is 0.00963 e. The van der Waals surface area contributed by atoms with Gasteiger partial charge in [0.1, 0.15) is 0 Å². The highest BCUT2D eigenvalue weighted by molar-refractivity contribution is 8.88. The Morgan fingerprint density at radius 2 is 1.33 bits per heavy atom. The van der Waals surface area contributed by atoms with Crippen molar-refractivity contribution in [1.29, 1.82) is 0 Å². The van der Waals surface area contributed by atoms with Crippen LogP contribution in [0.25, 0.3) is 0 Å². The fourth-order valence-electron chi connectivity index (χ4n) is 0.681. The van der Waals surface area contributed by atoms with Gasteiger partial charge in [0, 0.05) is 16.8 Å². The molecule has 0 aromatic heterocycles. The van der Waals surface area contributed by atoms with Crippen molar-refractivity contribution < 1.29 is 0 Å². The smallest absolute Gasteiger partial charge is 0.00963 e. The van der Waals surface area contributed by atoms with E-state index in [4.69, 9.17) is 0 Å². The molecule has 0 aromatic rings. The first kappa shape index (κ1) is 13.1. The van der Waals surface area contributed by atoms with Crippen molar-refractivity contribution in [2.24, 2.45) is 0 Å². The van der Waals surface area contributed by atoms with Crippen LogP contribution in [0.15, 0.2) is 0 Å². The van der Waals surface area contributed by atoms with Crippen molar-refractivity contribution in [3.8, 4) is 0 Å². The van der Waals surface area contributed by atoms with Crippen molar-refractivity contribution in [1.82, 2.24) is 0 Å². The molecule has 0 bridgehead atoms. The summed E-state index contributed by atoms with van der Waals surface area (Å²) in [6.45, 7) is 11.6. The molecular weight excluding hydrogens is 203 g/mol. The van der Waals surface area contributed by atoms with Crippen molar-refractivity contribution >= 4 is 29.1 Å². The Hall–Kier alpha value is 1.13. The summed E-state index contributed by atoms with van der Waals surface area (Å²) in [6.07, 6.45) is 2.77. The number of hydrogen-bond donors (Lipinski definition) is 0. The van der Waals surface area contributed by atoms with Crippen LogP contribution in [0.1, 0.15) is 40.5 Å². The molecule has 74 valence electrons. The average molecular weight is 224 g/mol. The summed E-state index contributed by atoms with van der Waals surface area (Å²) >= 11 is 4.34. The zero-order chi connectivity index (χ0) is 9.56. The molecule has 0 aliphatic rings. The van der Waals surface area contributed by atoms with E-state index >= 15 is 0 Å². The van der Waals surface area contributed by atoms with Gasteiger partial charge in [0.25, 0.3) is 0 Å². The van der Waals surface area contributed by atoms with E-state index in [2.05, 4.69) is 57.1 Å². The molecule has 0 amide bonds. The van der Waals surface area contributed by atoms with Crippen LogP contribution in [0.3, 0.4) is 0 Å². The molecule has 0 nitrogen and oxygen atoms in total. The Balaban J connectivity index is 3.51. The first-order valence-electron chi connectivity index (χ1n) is 4.67. The highest BCUT2D eigenvalue weighted by Gasteiger charge is 2.10. The molecule has 0 aliphatic heterocycles. The van der Waals surface area contributed by atoms with Crippen LogP contribution in [0.5, 0.6) is 0 Å². The highest BCUT2D eigenvalue weighted by atomic mass is 33.1. The topological polar surface area (TPSA) is 0 Å². The van der Waals surface area contributed by atoms with E-state index in [-0.39, 0.29) is 6.33 Å². The largest absolute Gasteiger partial charge is 0.120 e. The van der Waals surface area contributed by atoms with Crippen LogP contribution in [-0.4, -0.2) is 17.2 Å². The maximum absolute atomic E-state index is 2.39. The Labute approximate surface area is 86.9 Å². The monoisotopic (exact) mass is 224 g/mol. The average Bonchev–Trinajstić information content (AvgIpc) is 2.03. The molecule has 0 spiro atoms. The lowest BCUT2D eigenvalue weighted by Crippen LogP contribution is -1.92. The van der Waals surface area contributed by atoms with Gasteiger partial charge in [-0.25, -0.2) is 0 Å². The molecule has 0 heterocycles. The van der Waals surface area contributed by atoms with Crippen LogP contribution in [0, 0.1) is 0 Å². The fraction of sp³-hybridized carbons (Fsp3) is 1.00. The minimum atomic E-state index is 0.162. The van der Waals surface area contributed by atoms with Gasteiger partial charge < -0.3 is 0 Å². The molecule has 2 atom stereocenters. The second kappa shape index (κ2) is 7.53. The summed E-state index contributed by atoms with van der Waals surface area (Å²) in [7, 11) is 0. The van der Waals surface area contributed by atoms with Crippen molar-refractivity contribution in [2.45, 2.75) is 51.0 Å². The van der Waals surface area contributed by atoms with Crippen LogP contribution >= 0.6 is 29.1 Å². The molecule has 12 heavy (non-hydrogen) atoms. The maximum atomic E-state index is 2.39. The Bertz CT molecular complexity index is 96.7. The zero-order valence-corrected chi connectivity index (χ0v) is 11.4. The molecular formula is C9H21PS2. The minimum absolute atomic E-state index is 0.162. The van der Waals surface area contributed by atoms with E-state index < -0.39 is 0 Å². The molecule has 0 rings (SSSR count). The Morgan fingerprint density at radius 1 is 1.00 bits per heavy atom. The van der Waals surface area contributed by atoms with E-state index in [9.17, 15) is 0 Å². The Kier molecular flexibility index (Phi) is 8.23. The summed E-state index contributed by atoms with van der Waals surface area (Å²) < 4.78 is 0. The first-order chi connectivity index (χ1) is 5.60. The summed E-state index contributed by atoms with van der Waals surface area (Å²) in [6, 6.07) is 0. The zero-order valence-electron chi connectivity index (χ0n) is 8.83. The van der Waals surface area contributed by atoms with Crippen LogP contribution < -0.4 is 0 Å². The van der Waals surface area contributed by atoms with Gasteiger partial charge >= 0.3 is 0 Å². The van der Waals surface area contributed by atoms with Crippen LogP contribution in [0.4, 0.5) is 0 Å². The third-order valence-electron chi connectivity index (χ3n) is 1.81. The molecule has 0 aliphatic carbocycles. The third-order valence-corrected chi connectivity index (χ3v) is 9.28. The lowest BCUT2D eigenvalue weighted by Gasteiger charge is -2.18. The van der Waals surface area contributed by atoms with Gasteiger partial charge in [-0.15, -0.1) is 22.8 Å². The summed E-state index contributed by atoms with van der Waals surface area (Å²) in [5.41, 5.74) is 0. The summed E-state index contributed by atoms with van der Waals surface area (Å²) in [5, 5.41) is 1.69. The first-order valence-corrected chi connectivity index (χ1v) is 9.43. The molecule has 3 heteroatoms. The second-order valence-corrected chi connectivity index (χ2v) is 11.2. The predicted molar refractivity (Wildman–Crippen MR) is 67.5 cm³/mol. The van der Waals surface area contributed by atoms with Crippen LogP contribution in [0.2, 0.25) is 0 Å². The van der Waals surface area contributed by atoms with Gasteiger partial charge in [-0.1, -0.05) is 27.7 Å². The molecule has 0 saturated carbocycles. The van der Waals surface area contributed by atoms with Gasteiger partial charge in [0.15, 0.2) is 0 Å². The van der Waals surface area contributed by atoms with Gasteiger partial charge in [0.05, 0.1) is 0 Å².